The topological polar surface area (TPSA) is 63.9 Å². The fraction of sp³-hybridized carbons (Fsp3) is 0.280. The first-order valence-corrected chi connectivity index (χ1v) is 10.8. The van der Waals surface area contributed by atoms with Gasteiger partial charge in [-0.05, 0) is 55.2 Å². The highest BCUT2D eigenvalue weighted by Gasteiger charge is 2.25. The first-order chi connectivity index (χ1) is 15.2. The molecule has 0 spiro atoms. The third kappa shape index (κ3) is 4.06. The van der Waals surface area contributed by atoms with Gasteiger partial charge in [-0.15, -0.1) is 5.10 Å². The summed E-state index contributed by atoms with van der Waals surface area (Å²) in [5, 5.41) is 8.29. The van der Waals surface area contributed by atoms with Crippen LogP contribution in [-0.2, 0) is 11.3 Å². The number of aromatic nitrogens is 4. The SMILES string of the molecule is Cc1cc(-c2ccccc2)cc(C2CCN(C(=O)Cn3nnc4ccccc43)CC2)n1. The number of likely N-dealkylation sites (tertiary alicyclic amines) is 1. The summed E-state index contributed by atoms with van der Waals surface area (Å²) in [4.78, 5) is 19.6. The zero-order valence-corrected chi connectivity index (χ0v) is 17.6. The van der Waals surface area contributed by atoms with Gasteiger partial charge in [0.15, 0.2) is 0 Å². The Bertz CT molecular complexity index is 1210. The number of aryl methyl sites for hydroxylation is 1. The van der Waals surface area contributed by atoms with Crippen molar-refractivity contribution < 1.29 is 4.79 Å². The van der Waals surface area contributed by atoms with E-state index in [1.54, 1.807) is 4.68 Å². The summed E-state index contributed by atoms with van der Waals surface area (Å²) in [6.45, 7) is 3.77. The molecule has 0 N–H and O–H groups in total. The number of benzene rings is 2. The normalized spacial score (nSPS) is 14.8. The van der Waals surface area contributed by atoms with E-state index in [1.165, 1.54) is 11.1 Å². The molecular weight excluding hydrogens is 386 g/mol. The number of piperidine rings is 1. The van der Waals surface area contributed by atoms with E-state index in [2.05, 4.69) is 53.6 Å². The van der Waals surface area contributed by atoms with Crippen molar-refractivity contribution >= 4 is 16.9 Å². The molecule has 1 aliphatic heterocycles. The molecule has 6 nitrogen and oxygen atoms in total. The van der Waals surface area contributed by atoms with E-state index >= 15 is 0 Å². The molecule has 6 heteroatoms. The fourth-order valence-electron chi connectivity index (χ4n) is 4.39. The van der Waals surface area contributed by atoms with Crippen LogP contribution in [0.15, 0.2) is 66.7 Å². The molecule has 0 atom stereocenters. The van der Waals surface area contributed by atoms with Crippen LogP contribution in [0, 0.1) is 6.92 Å². The smallest absolute Gasteiger partial charge is 0.244 e. The summed E-state index contributed by atoms with van der Waals surface area (Å²) in [6.07, 6.45) is 1.85. The molecule has 1 aliphatic rings. The third-order valence-electron chi connectivity index (χ3n) is 6.05. The summed E-state index contributed by atoms with van der Waals surface area (Å²) < 4.78 is 1.69. The van der Waals surface area contributed by atoms with Crippen molar-refractivity contribution in [3.05, 3.63) is 78.1 Å². The van der Waals surface area contributed by atoms with Crippen molar-refractivity contribution in [2.45, 2.75) is 32.2 Å². The Morgan fingerprint density at radius 1 is 0.968 bits per heavy atom. The van der Waals surface area contributed by atoms with E-state index in [0.29, 0.717) is 5.92 Å². The molecule has 0 unspecified atom stereocenters. The van der Waals surface area contributed by atoms with Gasteiger partial charge in [0.1, 0.15) is 12.1 Å². The Morgan fingerprint density at radius 3 is 2.52 bits per heavy atom. The largest absolute Gasteiger partial charge is 0.341 e. The van der Waals surface area contributed by atoms with Gasteiger partial charge < -0.3 is 4.90 Å². The summed E-state index contributed by atoms with van der Waals surface area (Å²) in [5.74, 6) is 0.467. The zero-order valence-electron chi connectivity index (χ0n) is 17.6. The number of pyridine rings is 1. The van der Waals surface area contributed by atoms with Gasteiger partial charge in [0.25, 0.3) is 0 Å². The molecule has 0 radical (unpaired) electrons. The van der Waals surface area contributed by atoms with E-state index in [-0.39, 0.29) is 12.5 Å². The maximum Gasteiger partial charge on any atom is 0.244 e. The number of hydrogen-bond donors (Lipinski definition) is 0. The number of amides is 1. The van der Waals surface area contributed by atoms with Crippen molar-refractivity contribution in [2.24, 2.45) is 0 Å². The average Bonchev–Trinajstić information content (AvgIpc) is 3.22. The number of hydrogen-bond acceptors (Lipinski definition) is 4. The number of carbonyl (C=O) groups excluding carboxylic acids is 1. The minimum atomic E-state index is 0.0938. The first kappa shape index (κ1) is 19.4. The van der Waals surface area contributed by atoms with E-state index in [9.17, 15) is 4.79 Å². The van der Waals surface area contributed by atoms with Gasteiger partial charge in [-0.2, -0.15) is 0 Å². The lowest BCUT2D eigenvalue weighted by Gasteiger charge is -2.32. The zero-order chi connectivity index (χ0) is 21.2. The summed E-state index contributed by atoms with van der Waals surface area (Å²) in [6, 6.07) is 22.5. The van der Waals surface area contributed by atoms with Gasteiger partial charge in [-0.3, -0.25) is 9.78 Å². The Hall–Kier alpha value is -3.54. The second kappa shape index (κ2) is 8.30. The molecule has 1 amide bonds. The van der Waals surface area contributed by atoms with E-state index < -0.39 is 0 Å². The third-order valence-corrected chi connectivity index (χ3v) is 6.05. The van der Waals surface area contributed by atoms with Crippen molar-refractivity contribution in [3.63, 3.8) is 0 Å². The molecule has 31 heavy (non-hydrogen) atoms. The highest BCUT2D eigenvalue weighted by molar-refractivity contribution is 5.80. The lowest BCUT2D eigenvalue weighted by molar-refractivity contribution is -0.133. The lowest BCUT2D eigenvalue weighted by atomic mass is 9.91. The van der Waals surface area contributed by atoms with Gasteiger partial charge in [0, 0.05) is 30.4 Å². The van der Waals surface area contributed by atoms with E-state index in [0.717, 1.165) is 48.4 Å². The van der Waals surface area contributed by atoms with Gasteiger partial charge in [0.2, 0.25) is 5.91 Å². The Kier molecular flexibility index (Phi) is 5.20. The lowest BCUT2D eigenvalue weighted by Crippen LogP contribution is -2.40. The van der Waals surface area contributed by atoms with Crippen LogP contribution in [0.1, 0.15) is 30.1 Å². The molecule has 156 valence electrons. The molecule has 1 saturated heterocycles. The van der Waals surface area contributed by atoms with Crippen LogP contribution in [0.25, 0.3) is 22.2 Å². The van der Waals surface area contributed by atoms with Gasteiger partial charge >= 0.3 is 0 Å². The summed E-state index contributed by atoms with van der Waals surface area (Å²) in [7, 11) is 0. The predicted octanol–water partition coefficient (Wildman–Crippen LogP) is 4.21. The second-order valence-corrected chi connectivity index (χ2v) is 8.18. The maximum atomic E-state index is 12.9. The predicted molar refractivity (Wildman–Crippen MR) is 120 cm³/mol. The number of carbonyl (C=O) groups is 1. The number of nitrogens with zero attached hydrogens (tertiary/aromatic N) is 5. The van der Waals surface area contributed by atoms with Crippen molar-refractivity contribution in [1.82, 2.24) is 24.9 Å². The minimum absolute atomic E-state index is 0.0938. The highest BCUT2D eigenvalue weighted by atomic mass is 16.2. The molecule has 3 heterocycles. The molecule has 0 bridgehead atoms. The minimum Gasteiger partial charge on any atom is -0.341 e. The molecule has 0 saturated carbocycles. The monoisotopic (exact) mass is 411 g/mol. The Morgan fingerprint density at radius 2 is 1.71 bits per heavy atom. The van der Waals surface area contributed by atoms with Gasteiger partial charge in [0.05, 0.1) is 5.52 Å². The van der Waals surface area contributed by atoms with Crippen LogP contribution in [0.3, 0.4) is 0 Å². The van der Waals surface area contributed by atoms with E-state index in [1.807, 2.05) is 35.2 Å². The quantitative estimate of drug-likeness (QED) is 0.505. The summed E-state index contributed by atoms with van der Waals surface area (Å²) in [5.41, 5.74) is 6.29. The van der Waals surface area contributed by atoms with Gasteiger partial charge in [-0.1, -0.05) is 47.7 Å². The second-order valence-electron chi connectivity index (χ2n) is 8.18. The maximum absolute atomic E-state index is 12.9. The number of para-hydroxylation sites is 1. The number of rotatable bonds is 4. The van der Waals surface area contributed by atoms with Crippen LogP contribution in [0.2, 0.25) is 0 Å². The fourth-order valence-corrected chi connectivity index (χ4v) is 4.39. The summed E-state index contributed by atoms with van der Waals surface area (Å²) >= 11 is 0. The van der Waals surface area contributed by atoms with Crippen LogP contribution < -0.4 is 0 Å². The highest BCUT2D eigenvalue weighted by Crippen LogP contribution is 2.30. The van der Waals surface area contributed by atoms with Crippen LogP contribution in [-0.4, -0.2) is 43.9 Å². The van der Waals surface area contributed by atoms with E-state index in [4.69, 9.17) is 4.98 Å². The Labute approximate surface area is 181 Å². The molecule has 4 aromatic rings. The van der Waals surface area contributed by atoms with Crippen LogP contribution in [0.4, 0.5) is 0 Å². The van der Waals surface area contributed by atoms with Crippen molar-refractivity contribution in [3.8, 4) is 11.1 Å². The molecular formula is C25H25N5O. The van der Waals surface area contributed by atoms with Crippen LogP contribution in [0.5, 0.6) is 0 Å². The average molecular weight is 412 g/mol. The van der Waals surface area contributed by atoms with Crippen molar-refractivity contribution in [1.29, 1.82) is 0 Å². The molecule has 2 aromatic carbocycles. The molecule has 1 fully saturated rings. The first-order valence-electron chi connectivity index (χ1n) is 10.8. The molecule has 5 rings (SSSR count). The number of fused-ring (bicyclic) bond motifs is 1. The standard InChI is InChI=1S/C25H25N5O/c1-18-15-21(19-7-3-2-4-8-19)16-23(26-18)20-11-13-29(14-12-20)25(31)17-30-24-10-6-5-9-22(24)27-28-30/h2-10,15-16,20H,11-14,17H2,1H3. The molecule has 2 aromatic heterocycles. The van der Waals surface area contributed by atoms with Gasteiger partial charge in [-0.25, -0.2) is 4.68 Å². The Balaban J connectivity index is 1.26. The van der Waals surface area contributed by atoms with Crippen LogP contribution >= 0.6 is 0 Å². The van der Waals surface area contributed by atoms with Crippen molar-refractivity contribution in [2.75, 3.05) is 13.1 Å². The molecule has 0 aliphatic carbocycles.